The lowest BCUT2D eigenvalue weighted by Gasteiger charge is -1.99. The molecule has 0 saturated heterocycles. The summed E-state index contributed by atoms with van der Waals surface area (Å²) in [5, 5.41) is 10.8. The Morgan fingerprint density at radius 2 is 2.22 bits per heavy atom. The van der Waals surface area contributed by atoms with Crippen LogP contribution in [-0.4, -0.2) is 17.5 Å². The van der Waals surface area contributed by atoms with E-state index in [1.54, 1.807) is 0 Å². The second kappa shape index (κ2) is 4.38. The molecule has 0 aromatic rings. The molecule has 0 atom stereocenters. The molecule has 54 valence electrons. The Morgan fingerprint density at radius 3 is 2.56 bits per heavy atom. The Morgan fingerprint density at radius 1 is 1.67 bits per heavy atom. The van der Waals surface area contributed by atoms with Crippen LogP contribution < -0.4 is 5.32 Å². The van der Waals surface area contributed by atoms with E-state index in [4.69, 9.17) is 5.41 Å². The second-order valence-corrected chi connectivity index (χ2v) is 2.77. The van der Waals surface area contributed by atoms with Crippen molar-refractivity contribution >= 4 is 40.9 Å². The first-order valence-electron chi connectivity index (χ1n) is 2.72. The molecule has 0 spiro atoms. The van der Waals surface area contributed by atoms with Gasteiger partial charge in [-0.15, -0.1) is 24.0 Å². The predicted octanol–water partition coefficient (Wildman–Crippen LogP) is 1.65. The van der Waals surface area contributed by atoms with E-state index in [-0.39, 0.29) is 24.0 Å². The van der Waals surface area contributed by atoms with Crippen molar-refractivity contribution < 1.29 is 0 Å². The van der Waals surface area contributed by atoms with Crippen LogP contribution >= 0.6 is 35.7 Å². The predicted molar refractivity (Wildman–Crippen MR) is 52.8 cm³/mol. The fraction of sp³-hybridized carbons (Fsp3) is 0.800. The van der Waals surface area contributed by atoms with E-state index in [0.29, 0.717) is 11.2 Å². The van der Waals surface area contributed by atoms with Crippen LogP contribution in [0.5, 0.6) is 0 Å². The molecule has 0 bridgehead atoms. The number of amidine groups is 1. The lowest BCUT2D eigenvalue weighted by molar-refractivity contribution is 0.916. The second-order valence-electron chi connectivity index (χ2n) is 1.95. The third-order valence-electron chi connectivity index (χ3n) is 1.12. The smallest absolute Gasteiger partial charge is 0.153 e. The normalized spacial score (nSPS) is 16.1. The van der Waals surface area contributed by atoms with Gasteiger partial charge in [-0.1, -0.05) is 11.8 Å². The van der Waals surface area contributed by atoms with Crippen molar-refractivity contribution in [3.63, 3.8) is 0 Å². The zero-order valence-corrected chi connectivity index (χ0v) is 8.45. The van der Waals surface area contributed by atoms with Crippen molar-refractivity contribution in [3.8, 4) is 0 Å². The van der Waals surface area contributed by atoms with Crippen molar-refractivity contribution in [3.05, 3.63) is 0 Å². The van der Waals surface area contributed by atoms with Crippen molar-refractivity contribution in [2.45, 2.75) is 18.9 Å². The Balaban J connectivity index is 0.000000640. The number of halogens is 1. The summed E-state index contributed by atoms with van der Waals surface area (Å²) in [4.78, 5) is 0. The molecule has 4 heteroatoms. The first-order valence-corrected chi connectivity index (χ1v) is 3.94. The zero-order chi connectivity index (χ0) is 5.98. The van der Waals surface area contributed by atoms with Crippen LogP contribution in [0.1, 0.15) is 12.8 Å². The Kier molecular flexibility index (Phi) is 4.65. The van der Waals surface area contributed by atoms with Gasteiger partial charge in [-0.25, -0.2) is 0 Å². The van der Waals surface area contributed by atoms with Crippen LogP contribution in [0.15, 0.2) is 0 Å². The minimum absolute atomic E-state index is 0. The van der Waals surface area contributed by atoms with Crippen LogP contribution in [0.25, 0.3) is 0 Å². The first kappa shape index (κ1) is 9.55. The van der Waals surface area contributed by atoms with Crippen LogP contribution in [-0.2, 0) is 0 Å². The Labute approximate surface area is 76.7 Å². The van der Waals surface area contributed by atoms with Crippen molar-refractivity contribution in [2.75, 3.05) is 6.26 Å². The summed E-state index contributed by atoms with van der Waals surface area (Å²) >= 11 is 1.47. The van der Waals surface area contributed by atoms with E-state index in [1.165, 1.54) is 24.6 Å². The van der Waals surface area contributed by atoms with Gasteiger partial charge in [0.1, 0.15) is 0 Å². The van der Waals surface area contributed by atoms with E-state index in [0.717, 1.165) is 0 Å². The lowest BCUT2D eigenvalue weighted by atomic mass is 10.7. The van der Waals surface area contributed by atoms with E-state index in [2.05, 4.69) is 5.32 Å². The minimum Gasteiger partial charge on any atom is -0.362 e. The molecular formula is C5H11IN2S. The largest absolute Gasteiger partial charge is 0.362 e. The Bertz CT molecular complexity index is 103. The number of rotatable bonds is 1. The van der Waals surface area contributed by atoms with E-state index in [9.17, 15) is 0 Å². The molecule has 1 aliphatic rings. The van der Waals surface area contributed by atoms with Crippen molar-refractivity contribution in [1.29, 1.82) is 5.41 Å². The monoisotopic (exact) mass is 258 g/mol. The fourth-order valence-electron chi connectivity index (χ4n) is 0.472. The molecule has 0 radical (unpaired) electrons. The molecule has 0 heterocycles. The maximum absolute atomic E-state index is 7.16. The molecular weight excluding hydrogens is 247 g/mol. The molecule has 2 N–H and O–H groups in total. The number of thioether (sulfide) groups is 1. The third-order valence-corrected chi connectivity index (χ3v) is 1.64. The molecule has 1 saturated carbocycles. The van der Waals surface area contributed by atoms with Crippen LogP contribution in [0.3, 0.4) is 0 Å². The van der Waals surface area contributed by atoms with Gasteiger partial charge < -0.3 is 5.32 Å². The number of hydrogen-bond donors (Lipinski definition) is 2. The molecule has 0 unspecified atom stereocenters. The molecule has 1 rings (SSSR count). The van der Waals surface area contributed by atoms with Gasteiger partial charge in [0, 0.05) is 6.04 Å². The first-order chi connectivity index (χ1) is 3.83. The highest BCUT2D eigenvalue weighted by molar-refractivity contribution is 14.0. The average molecular weight is 258 g/mol. The van der Waals surface area contributed by atoms with Crippen molar-refractivity contribution in [2.24, 2.45) is 0 Å². The van der Waals surface area contributed by atoms with Crippen LogP contribution in [0.2, 0.25) is 0 Å². The standard InChI is InChI=1S/C5H10N2S.HI/c1-8-5(6)7-4-2-3-4;/h4H,2-3H2,1H3,(H2,6,7);1H. The quantitative estimate of drug-likeness (QED) is 0.426. The highest BCUT2D eigenvalue weighted by atomic mass is 127. The number of hydrogen-bond acceptors (Lipinski definition) is 2. The minimum atomic E-state index is 0. The van der Waals surface area contributed by atoms with Gasteiger partial charge in [0.2, 0.25) is 0 Å². The topological polar surface area (TPSA) is 35.9 Å². The third kappa shape index (κ3) is 4.02. The molecule has 2 nitrogen and oxygen atoms in total. The van der Waals surface area contributed by atoms with Crippen LogP contribution in [0, 0.1) is 5.41 Å². The van der Waals surface area contributed by atoms with Gasteiger partial charge in [-0.3, -0.25) is 5.41 Å². The zero-order valence-electron chi connectivity index (χ0n) is 5.31. The molecule has 0 aromatic carbocycles. The van der Waals surface area contributed by atoms with E-state index >= 15 is 0 Å². The summed E-state index contributed by atoms with van der Waals surface area (Å²) in [6.45, 7) is 0. The van der Waals surface area contributed by atoms with Gasteiger partial charge in [0.15, 0.2) is 5.17 Å². The summed E-state index contributed by atoms with van der Waals surface area (Å²) in [6, 6.07) is 0.634. The van der Waals surface area contributed by atoms with Gasteiger partial charge in [0.25, 0.3) is 0 Å². The molecule has 9 heavy (non-hydrogen) atoms. The summed E-state index contributed by atoms with van der Waals surface area (Å²) in [5.74, 6) is 0. The molecule has 0 amide bonds. The van der Waals surface area contributed by atoms with Gasteiger partial charge in [-0.2, -0.15) is 0 Å². The summed E-state index contributed by atoms with van der Waals surface area (Å²) in [6.07, 6.45) is 4.42. The fourth-order valence-corrected chi connectivity index (χ4v) is 0.757. The molecule has 1 aliphatic carbocycles. The molecule has 0 aromatic heterocycles. The SMILES string of the molecule is CSC(=N)NC1CC1.I. The van der Waals surface area contributed by atoms with E-state index < -0.39 is 0 Å². The van der Waals surface area contributed by atoms with Gasteiger partial charge in [-0.05, 0) is 19.1 Å². The highest BCUT2D eigenvalue weighted by Crippen LogP contribution is 2.19. The summed E-state index contributed by atoms with van der Waals surface area (Å²) < 4.78 is 0. The van der Waals surface area contributed by atoms with Gasteiger partial charge >= 0.3 is 0 Å². The Hall–Kier alpha value is 0.550. The summed E-state index contributed by atoms with van der Waals surface area (Å²) in [5.41, 5.74) is 0. The summed E-state index contributed by atoms with van der Waals surface area (Å²) in [7, 11) is 0. The maximum Gasteiger partial charge on any atom is 0.153 e. The van der Waals surface area contributed by atoms with E-state index in [1.807, 2.05) is 6.26 Å². The average Bonchev–Trinajstić information content (AvgIpc) is 2.50. The lowest BCUT2D eigenvalue weighted by Crippen LogP contribution is -2.20. The molecule has 1 fully saturated rings. The highest BCUT2D eigenvalue weighted by Gasteiger charge is 2.21. The number of nitrogens with one attached hydrogen (secondary N) is 2. The van der Waals surface area contributed by atoms with Crippen LogP contribution in [0.4, 0.5) is 0 Å². The van der Waals surface area contributed by atoms with Gasteiger partial charge in [0.05, 0.1) is 0 Å². The maximum atomic E-state index is 7.16. The molecule has 0 aliphatic heterocycles. The van der Waals surface area contributed by atoms with Crippen molar-refractivity contribution in [1.82, 2.24) is 5.32 Å².